The Labute approximate surface area is 103 Å². The third-order valence-corrected chi connectivity index (χ3v) is 5.23. The van der Waals surface area contributed by atoms with Crippen LogP contribution in [0.2, 0.25) is 0 Å². The molecule has 5 heteroatoms. The first kappa shape index (κ1) is 14.0. The number of hydrogen-bond acceptors (Lipinski definition) is 3. The van der Waals surface area contributed by atoms with Gasteiger partial charge in [-0.15, -0.1) is 0 Å². The van der Waals surface area contributed by atoms with Crippen molar-refractivity contribution in [3.63, 3.8) is 0 Å². The summed E-state index contributed by atoms with van der Waals surface area (Å²) in [4.78, 5) is 0. The van der Waals surface area contributed by atoms with Crippen molar-refractivity contribution in [2.45, 2.75) is 25.5 Å². The second kappa shape index (κ2) is 5.51. The Balaban J connectivity index is 3.08. The Kier molecular flexibility index (Phi) is 4.54. The summed E-state index contributed by atoms with van der Waals surface area (Å²) in [5, 5.41) is -0.520. The van der Waals surface area contributed by atoms with Crippen LogP contribution >= 0.6 is 0 Å². The quantitative estimate of drug-likeness (QED) is 0.868. The molecule has 0 saturated carbocycles. The van der Waals surface area contributed by atoms with Gasteiger partial charge < -0.3 is 5.73 Å². The highest BCUT2D eigenvalue weighted by Crippen LogP contribution is 2.20. The van der Waals surface area contributed by atoms with Crippen molar-refractivity contribution >= 4 is 15.7 Å². The zero-order chi connectivity index (χ0) is 13.1. The summed E-state index contributed by atoms with van der Waals surface area (Å²) in [6.45, 7) is 3.92. The number of benzene rings is 1. The molecule has 0 aliphatic heterocycles. The van der Waals surface area contributed by atoms with E-state index in [-0.39, 0.29) is 6.54 Å². The lowest BCUT2D eigenvalue weighted by atomic mass is 10.2. The van der Waals surface area contributed by atoms with Crippen molar-refractivity contribution in [1.82, 2.24) is 0 Å². The highest BCUT2D eigenvalue weighted by molar-refractivity contribution is 7.93. The third-order valence-electron chi connectivity index (χ3n) is 2.89. The van der Waals surface area contributed by atoms with Gasteiger partial charge in [0, 0.05) is 13.6 Å². The van der Waals surface area contributed by atoms with E-state index >= 15 is 0 Å². The monoisotopic (exact) mass is 256 g/mol. The number of nitrogens with two attached hydrogens (primary N) is 1. The van der Waals surface area contributed by atoms with Crippen molar-refractivity contribution in [1.29, 1.82) is 0 Å². The van der Waals surface area contributed by atoms with E-state index < -0.39 is 15.3 Å². The Morgan fingerprint density at radius 3 is 2.53 bits per heavy atom. The van der Waals surface area contributed by atoms with Crippen LogP contribution in [0.5, 0.6) is 0 Å². The molecule has 1 rings (SSSR count). The van der Waals surface area contributed by atoms with Crippen molar-refractivity contribution in [2.75, 3.05) is 17.9 Å². The van der Waals surface area contributed by atoms with Gasteiger partial charge in [0.25, 0.3) is 0 Å². The molecule has 0 spiro atoms. The molecule has 0 aromatic heterocycles. The third kappa shape index (κ3) is 2.98. The van der Waals surface area contributed by atoms with E-state index in [4.69, 9.17) is 5.73 Å². The highest BCUT2D eigenvalue weighted by atomic mass is 32.2. The summed E-state index contributed by atoms with van der Waals surface area (Å²) < 4.78 is 25.8. The molecule has 0 aliphatic rings. The second-order valence-electron chi connectivity index (χ2n) is 4.12. The van der Waals surface area contributed by atoms with Crippen molar-refractivity contribution in [3.05, 3.63) is 29.8 Å². The van der Waals surface area contributed by atoms with Gasteiger partial charge in [0.2, 0.25) is 10.0 Å². The predicted octanol–water partition coefficient (Wildman–Crippen LogP) is 1.50. The van der Waals surface area contributed by atoms with Crippen LogP contribution in [0, 0.1) is 6.92 Å². The molecule has 0 saturated heterocycles. The number of anilines is 1. The SMILES string of the molecule is CCC(CN)S(=O)(=O)N(C)c1cccc(C)c1. The predicted molar refractivity (Wildman–Crippen MR) is 71.6 cm³/mol. The van der Waals surface area contributed by atoms with Gasteiger partial charge in [-0.2, -0.15) is 0 Å². The van der Waals surface area contributed by atoms with E-state index in [1.54, 1.807) is 13.1 Å². The van der Waals surface area contributed by atoms with Crippen LogP contribution < -0.4 is 10.0 Å². The summed E-state index contributed by atoms with van der Waals surface area (Å²) in [7, 11) is -1.79. The number of hydrogen-bond donors (Lipinski definition) is 1. The first-order valence-electron chi connectivity index (χ1n) is 5.68. The Morgan fingerprint density at radius 1 is 1.41 bits per heavy atom. The smallest absolute Gasteiger partial charge is 0.239 e. The Hall–Kier alpha value is -1.07. The largest absolute Gasteiger partial charge is 0.329 e. The highest BCUT2D eigenvalue weighted by Gasteiger charge is 2.27. The van der Waals surface area contributed by atoms with E-state index in [9.17, 15) is 8.42 Å². The lowest BCUT2D eigenvalue weighted by Gasteiger charge is -2.24. The van der Waals surface area contributed by atoms with Gasteiger partial charge in [-0.3, -0.25) is 4.31 Å². The number of rotatable bonds is 5. The summed E-state index contributed by atoms with van der Waals surface area (Å²) >= 11 is 0. The van der Waals surface area contributed by atoms with E-state index in [2.05, 4.69) is 0 Å². The molecule has 17 heavy (non-hydrogen) atoms. The molecular formula is C12H20N2O2S. The van der Waals surface area contributed by atoms with Crippen LogP contribution in [0.15, 0.2) is 24.3 Å². The number of sulfonamides is 1. The summed E-state index contributed by atoms with van der Waals surface area (Å²) in [6.07, 6.45) is 0.523. The molecule has 0 bridgehead atoms. The maximum absolute atomic E-state index is 12.3. The summed E-state index contributed by atoms with van der Waals surface area (Å²) in [5.74, 6) is 0. The van der Waals surface area contributed by atoms with Gasteiger partial charge in [0.05, 0.1) is 10.9 Å². The fourth-order valence-corrected chi connectivity index (χ4v) is 3.21. The molecule has 1 unspecified atom stereocenters. The normalized spacial score (nSPS) is 13.4. The molecular weight excluding hydrogens is 236 g/mol. The molecule has 1 aromatic rings. The van der Waals surface area contributed by atoms with Gasteiger partial charge in [-0.25, -0.2) is 8.42 Å². The number of nitrogens with zero attached hydrogens (tertiary/aromatic N) is 1. The number of aryl methyl sites for hydroxylation is 1. The molecule has 96 valence electrons. The fourth-order valence-electron chi connectivity index (χ4n) is 1.69. The molecule has 0 radical (unpaired) electrons. The Bertz CT molecular complexity index is 467. The van der Waals surface area contributed by atoms with Gasteiger partial charge in [0.1, 0.15) is 0 Å². The van der Waals surface area contributed by atoms with Crippen LogP contribution in [-0.2, 0) is 10.0 Å². The van der Waals surface area contributed by atoms with Crippen LogP contribution in [0.4, 0.5) is 5.69 Å². The topological polar surface area (TPSA) is 63.4 Å². The fraction of sp³-hybridized carbons (Fsp3) is 0.500. The molecule has 1 aromatic carbocycles. The maximum Gasteiger partial charge on any atom is 0.239 e. The van der Waals surface area contributed by atoms with Crippen LogP contribution in [0.25, 0.3) is 0 Å². The van der Waals surface area contributed by atoms with Gasteiger partial charge in [-0.05, 0) is 31.0 Å². The molecule has 4 nitrogen and oxygen atoms in total. The van der Waals surface area contributed by atoms with Gasteiger partial charge in [-0.1, -0.05) is 19.1 Å². The minimum absolute atomic E-state index is 0.148. The van der Waals surface area contributed by atoms with Gasteiger partial charge in [0.15, 0.2) is 0 Å². The van der Waals surface area contributed by atoms with Crippen LogP contribution in [0.1, 0.15) is 18.9 Å². The molecule has 1 atom stereocenters. The maximum atomic E-state index is 12.3. The van der Waals surface area contributed by atoms with E-state index in [1.807, 2.05) is 32.0 Å². The van der Waals surface area contributed by atoms with Crippen LogP contribution in [-0.4, -0.2) is 27.3 Å². The second-order valence-corrected chi connectivity index (χ2v) is 6.36. The lowest BCUT2D eigenvalue weighted by molar-refractivity contribution is 0.574. The van der Waals surface area contributed by atoms with E-state index in [1.165, 1.54) is 4.31 Å². The van der Waals surface area contributed by atoms with Gasteiger partial charge >= 0.3 is 0 Å². The minimum Gasteiger partial charge on any atom is -0.329 e. The molecule has 0 aliphatic carbocycles. The molecule has 0 heterocycles. The zero-order valence-electron chi connectivity index (χ0n) is 10.6. The molecule has 0 amide bonds. The average molecular weight is 256 g/mol. The standard InChI is InChI=1S/C12H20N2O2S/c1-4-12(9-13)17(15,16)14(3)11-7-5-6-10(2)8-11/h5-8,12H,4,9,13H2,1-3H3. The molecule has 0 fully saturated rings. The van der Waals surface area contributed by atoms with Crippen molar-refractivity contribution in [2.24, 2.45) is 5.73 Å². The zero-order valence-corrected chi connectivity index (χ0v) is 11.4. The molecule has 2 N–H and O–H groups in total. The van der Waals surface area contributed by atoms with Crippen LogP contribution in [0.3, 0.4) is 0 Å². The summed E-state index contributed by atoms with van der Waals surface area (Å²) in [6, 6.07) is 7.42. The first-order valence-corrected chi connectivity index (χ1v) is 7.18. The van der Waals surface area contributed by atoms with E-state index in [0.29, 0.717) is 12.1 Å². The van der Waals surface area contributed by atoms with Crippen molar-refractivity contribution < 1.29 is 8.42 Å². The van der Waals surface area contributed by atoms with E-state index in [0.717, 1.165) is 5.56 Å². The Morgan fingerprint density at radius 2 is 2.06 bits per heavy atom. The summed E-state index contributed by atoms with van der Waals surface area (Å²) in [5.41, 5.74) is 7.22. The lowest BCUT2D eigenvalue weighted by Crippen LogP contribution is -2.40. The first-order chi connectivity index (χ1) is 7.93. The average Bonchev–Trinajstić information content (AvgIpc) is 2.29. The minimum atomic E-state index is -3.36. The van der Waals surface area contributed by atoms with Crippen molar-refractivity contribution in [3.8, 4) is 0 Å².